The smallest absolute Gasteiger partial charge is 0.254 e. The van der Waals surface area contributed by atoms with Crippen molar-refractivity contribution >= 4 is 29.3 Å². The summed E-state index contributed by atoms with van der Waals surface area (Å²) >= 11 is 1.56. The van der Waals surface area contributed by atoms with Gasteiger partial charge in [-0.25, -0.2) is 0 Å². The van der Waals surface area contributed by atoms with E-state index in [1.165, 1.54) is 4.90 Å². The molecule has 22 heavy (non-hydrogen) atoms. The molecule has 0 saturated heterocycles. The largest absolute Gasteiger partial charge is 0.332 e. The summed E-state index contributed by atoms with van der Waals surface area (Å²) < 4.78 is 0. The molecule has 0 bridgehead atoms. The van der Waals surface area contributed by atoms with Crippen molar-refractivity contribution in [2.24, 2.45) is 0 Å². The van der Waals surface area contributed by atoms with Gasteiger partial charge in [-0.05, 0) is 30.5 Å². The van der Waals surface area contributed by atoms with E-state index in [4.69, 9.17) is 0 Å². The van der Waals surface area contributed by atoms with Crippen molar-refractivity contribution in [2.75, 3.05) is 25.2 Å². The molecule has 0 unspecified atom stereocenters. The Balaban J connectivity index is 1.98. The van der Waals surface area contributed by atoms with E-state index < -0.39 is 0 Å². The van der Waals surface area contributed by atoms with Gasteiger partial charge in [0.2, 0.25) is 5.91 Å². The minimum absolute atomic E-state index is 0.0104. The number of carbonyl (C=O) groups excluding carboxylic acids is 2. The van der Waals surface area contributed by atoms with Gasteiger partial charge in [-0.1, -0.05) is 30.3 Å². The molecule has 0 saturated carbocycles. The lowest BCUT2D eigenvalue weighted by Crippen LogP contribution is -2.35. The van der Waals surface area contributed by atoms with E-state index in [0.717, 1.165) is 10.6 Å². The molecular weight excluding hydrogens is 296 g/mol. The number of anilines is 1. The zero-order chi connectivity index (χ0) is 15.9. The van der Waals surface area contributed by atoms with Crippen LogP contribution in [0.15, 0.2) is 59.5 Å². The highest BCUT2D eigenvalue weighted by Crippen LogP contribution is 2.24. The van der Waals surface area contributed by atoms with Gasteiger partial charge in [0.15, 0.2) is 0 Å². The molecule has 0 aliphatic carbocycles. The molecule has 0 radical (unpaired) electrons. The van der Waals surface area contributed by atoms with Gasteiger partial charge in [-0.15, -0.1) is 11.8 Å². The summed E-state index contributed by atoms with van der Waals surface area (Å²) in [5, 5.41) is 2.85. The van der Waals surface area contributed by atoms with Crippen LogP contribution in [0, 0.1) is 0 Å². The van der Waals surface area contributed by atoms with Crippen molar-refractivity contribution in [1.29, 1.82) is 0 Å². The van der Waals surface area contributed by atoms with E-state index in [1.807, 2.05) is 36.6 Å². The molecule has 0 fully saturated rings. The first-order valence-corrected chi connectivity index (χ1v) is 8.07. The second-order valence-electron chi connectivity index (χ2n) is 4.78. The van der Waals surface area contributed by atoms with E-state index >= 15 is 0 Å². The lowest BCUT2D eigenvalue weighted by Gasteiger charge is -2.17. The molecular formula is C17H18N2O2S. The van der Waals surface area contributed by atoms with Crippen LogP contribution in [0.3, 0.4) is 0 Å². The highest BCUT2D eigenvalue weighted by molar-refractivity contribution is 7.98. The molecule has 2 rings (SSSR count). The van der Waals surface area contributed by atoms with Gasteiger partial charge >= 0.3 is 0 Å². The number of likely N-dealkylation sites (N-methyl/N-ethyl adjacent to an activating group) is 1. The normalized spacial score (nSPS) is 10.1. The van der Waals surface area contributed by atoms with Gasteiger partial charge in [0.25, 0.3) is 5.91 Å². The molecule has 0 aromatic heterocycles. The van der Waals surface area contributed by atoms with Gasteiger partial charge in [-0.2, -0.15) is 0 Å². The van der Waals surface area contributed by atoms with E-state index in [0.29, 0.717) is 5.56 Å². The lowest BCUT2D eigenvalue weighted by atomic mass is 10.2. The van der Waals surface area contributed by atoms with Gasteiger partial charge in [0.1, 0.15) is 0 Å². The van der Waals surface area contributed by atoms with Crippen LogP contribution < -0.4 is 5.32 Å². The number of hydrogen-bond acceptors (Lipinski definition) is 3. The predicted octanol–water partition coefficient (Wildman–Crippen LogP) is 3.12. The molecule has 114 valence electrons. The van der Waals surface area contributed by atoms with Crippen LogP contribution in [0.1, 0.15) is 10.4 Å². The summed E-state index contributed by atoms with van der Waals surface area (Å²) in [4.78, 5) is 26.7. The standard InChI is InChI=1S/C17H18N2O2S/c1-19(17(21)13-8-4-3-5-9-13)12-16(20)18-14-10-6-7-11-15(14)22-2/h3-11H,12H2,1-2H3,(H,18,20). The average molecular weight is 314 g/mol. The minimum Gasteiger partial charge on any atom is -0.332 e. The molecule has 1 N–H and O–H groups in total. The first-order chi connectivity index (χ1) is 10.6. The van der Waals surface area contributed by atoms with Crippen LogP contribution in [0.25, 0.3) is 0 Å². The fourth-order valence-electron chi connectivity index (χ4n) is 2.03. The highest BCUT2D eigenvalue weighted by Gasteiger charge is 2.15. The molecule has 0 aliphatic rings. The molecule has 0 aliphatic heterocycles. The average Bonchev–Trinajstić information content (AvgIpc) is 2.55. The topological polar surface area (TPSA) is 49.4 Å². The van der Waals surface area contributed by atoms with E-state index in [9.17, 15) is 9.59 Å². The third kappa shape index (κ3) is 4.11. The number of thioether (sulfide) groups is 1. The number of benzene rings is 2. The van der Waals surface area contributed by atoms with E-state index in [2.05, 4.69) is 5.32 Å². The maximum atomic E-state index is 12.2. The van der Waals surface area contributed by atoms with Crippen LogP contribution in [0.5, 0.6) is 0 Å². The first-order valence-electron chi connectivity index (χ1n) is 6.85. The Kier molecular flexibility index (Phi) is 5.61. The monoisotopic (exact) mass is 314 g/mol. The number of rotatable bonds is 5. The fraction of sp³-hybridized carbons (Fsp3) is 0.176. The number of nitrogens with zero attached hydrogens (tertiary/aromatic N) is 1. The molecule has 0 spiro atoms. The van der Waals surface area contributed by atoms with Crippen molar-refractivity contribution < 1.29 is 9.59 Å². The summed E-state index contributed by atoms with van der Waals surface area (Å²) in [5.41, 5.74) is 1.34. The van der Waals surface area contributed by atoms with Crippen molar-refractivity contribution in [3.8, 4) is 0 Å². The molecule has 2 aromatic carbocycles. The molecule has 4 nitrogen and oxygen atoms in total. The second kappa shape index (κ2) is 7.66. The molecule has 0 atom stereocenters. The summed E-state index contributed by atoms with van der Waals surface area (Å²) in [5.74, 6) is -0.387. The number of hydrogen-bond donors (Lipinski definition) is 1. The van der Waals surface area contributed by atoms with Gasteiger partial charge in [0, 0.05) is 17.5 Å². The third-order valence-electron chi connectivity index (χ3n) is 3.13. The van der Waals surface area contributed by atoms with Gasteiger partial charge in [0.05, 0.1) is 12.2 Å². The molecule has 0 heterocycles. The summed E-state index contributed by atoms with van der Waals surface area (Å²) in [6.07, 6.45) is 1.95. The lowest BCUT2D eigenvalue weighted by molar-refractivity contribution is -0.116. The number of amides is 2. The zero-order valence-corrected chi connectivity index (χ0v) is 13.4. The van der Waals surface area contributed by atoms with Crippen LogP contribution in [-0.2, 0) is 4.79 Å². The van der Waals surface area contributed by atoms with Crippen LogP contribution in [0.2, 0.25) is 0 Å². The van der Waals surface area contributed by atoms with Crippen LogP contribution in [-0.4, -0.2) is 36.6 Å². The third-order valence-corrected chi connectivity index (χ3v) is 3.93. The Hall–Kier alpha value is -2.27. The number of para-hydroxylation sites is 1. The highest BCUT2D eigenvalue weighted by atomic mass is 32.2. The van der Waals surface area contributed by atoms with Gasteiger partial charge < -0.3 is 10.2 Å². The van der Waals surface area contributed by atoms with E-state index in [1.54, 1.807) is 43.1 Å². The fourth-order valence-corrected chi connectivity index (χ4v) is 2.58. The molecule has 5 heteroatoms. The maximum Gasteiger partial charge on any atom is 0.254 e. The second-order valence-corrected chi connectivity index (χ2v) is 5.62. The molecule has 2 amide bonds. The quantitative estimate of drug-likeness (QED) is 0.863. The number of nitrogens with one attached hydrogen (secondary N) is 1. The van der Waals surface area contributed by atoms with Crippen molar-refractivity contribution in [1.82, 2.24) is 4.90 Å². The summed E-state index contributed by atoms with van der Waals surface area (Å²) in [7, 11) is 1.62. The number of carbonyl (C=O) groups is 2. The maximum absolute atomic E-state index is 12.2. The predicted molar refractivity (Wildman–Crippen MR) is 90.3 cm³/mol. The Morgan fingerprint density at radius 3 is 2.36 bits per heavy atom. The Bertz CT molecular complexity index is 659. The Morgan fingerprint density at radius 2 is 1.68 bits per heavy atom. The van der Waals surface area contributed by atoms with Crippen molar-refractivity contribution in [2.45, 2.75) is 4.90 Å². The minimum atomic E-state index is -0.215. The van der Waals surface area contributed by atoms with Gasteiger partial charge in [-0.3, -0.25) is 9.59 Å². The summed E-state index contributed by atoms with van der Waals surface area (Å²) in [6.45, 7) is 0.0104. The van der Waals surface area contributed by atoms with Crippen LogP contribution >= 0.6 is 11.8 Å². The summed E-state index contributed by atoms with van der Waals surface area (Å²) in [6, 6.07) is 16.5. The first kappa shape index (κ1) is 16.1. The Labute approximate surface area is 134 Å². The Morgan fingerprint density at radius 1 is 1.05 bits per heavy atom. The zero-order valence-electron chi connectivity index (χ0n) is 12.6. The molecule has 2 aromatic rings. The van der Waals surface area contributed by atoms with Crippen LogP contribution in [0.4, 0.5) is 5.69 Å². The van der Waals surface area contributed by atoms with E-state index in [-0.39, 0.29) is 18.4 Å². The van der Waals surface area contributed by atoms with Crippen molar-refractivity contribution in [3.63, 3.8) is 0 Å². The van der Waals surface area contributed by atoms with Crippen molar-refractivity contribution in [3.05, 3.63) is 60.2 Å². The SMILES string of the molecule is CSc1ccccc1NC(=O)CN(C)C(=O)c1ccccc1.